The fraction of sp³-hybridized carbons (Fsp3) is 0.462. The van der Waals surface area contributed by atoms with Crippen molar-refractivity contribution >= 4 is 34.6 Å². The summed E-state index contributed by atoms with van der Waals surface area (Å²) in [5, 5.41) is 5.55. The number of anilines is 1. The first-order chi connectivity index (χ1) is 9.86. The summed E-state index contributed by atoms with van der Waals surface area (Å²) in [4.78, 5) is 0. The lowest BCUT2D eigenvalue weighted by Gasteiger charge is -2.15. The number of hydrogen-bond acceptors (Lipinski definition) is 2. The highest BCUT2D eigenvalue weighted by Crippen LogP contribution is 2.36. The van der Waals surface area contributed by atoms with Gasteiger partial charge >= 0.3 is 6.18 Å². The third-order valence-corrected chi connectivity index (χ3v) is 3.62. The van der Waals surface area contributed by atoms with Crippen molar-refractivity contribution in [1.82, 2.24) is 5.32 Å². The molecule has 1 aliphatic heterocycles. The summed E-state index contributed by atoms with van der Waals surface area (Å²) in [5.74, 6) is 0. The lowest BCUT2D eigenvalue weighted by atomic mass is 10.2. The molecular weight excluding hydrogens is 325 g/mol. The van der Waals surface area contributed by atoms with Crippen molar-refractivity contribution in [2.24, 2.45) is 0 Å². The zero-order valence-corrected chi connectivity index (χ0v) is 12.5. The SMILES string of the molecule is FC(F)(F)c1cc(NC(=S)NC[C@H]2CCCO2)ccc1Cl. The third kappa shape index (κ3) is 4.72. The predicted octanol–water partition coefficient (Wildman–Crippen LogP) is 3.82. The van der Waals surface area contributed by atoms with Gasteiger partial charge in [0.25, 0.3) is 0 Å². The first-order valence-electron chi connectivity index (χ1n) is 6.39. The van der Waals surface area contributed by atoms with Gasteiger partial charge in [-0.2, -0.15) is 13.2 Å². The van der Waals surface area contributed by atoms with Gasteiger partial charge in [-0.05, 0) is 43.3 Å². The summed E-state index contributed by atoms with van der Waals surface area (Å²) in [7, 11) is 0. The molecule has 0 aromatic heterocycles. The van der Waals surface area contributed by atoms with Gasteiger partial charge in [0.2, 0.25) is 0 Å². The van der Waals surface area contributed by atoms with Crippen LogP contribution in [0.3, 0.4) is 0 Å². The third-order valence-electron chi connectivity index (χ3n) is 3.04. The standard InChI is InChI=1S/C13H14ClF3N2OS/c14-11-4-3-8(6-10(11)13(15,16)17)19-12(21)18-7-9-2-1-5-20-9/h3-4,6,9H,1-2,5,7H2,(H2,18,19,21)/t9-/m1/s1. The first kappa shape index (κ1) is 16.3. The van der Waals surface area contributed by atoms with Gasteiger partial charge in [-0.1, -0.05) is 11.6 Å². The molecule has 0 saturated carbocycles. The first-order valence-corrected chi connectivity index (χ1v) is 7.18. The average Bonchev–Trinajstić information content (AvgIpc) is 2.90. The molecule has 1 aliphatic rings. The lowest BCUT2D eigenvalue weighted by Crippen LogP contribution is -2.34. The Hall–Kier alpha value is -1.05. The largest absolute Gasteiger partial charge is 0.417 e. The van der Waals surface area contributed by atoms with E-state index in [-0.39, 0.29) is 21.9 Å². The van der Waals surface area contributed by atoms with Crippen LogP contribution >= 0.6 is 23.8 Å². The Balaban J connectivity index is 1.94. The maximum atomic E-state index is 12.7. The van der Waals surface area contributed by atoms with Crippen molar-refractivity contribution in [2.75, 3.05) is 18.5 Å². The van der Waals surface area contributed by atoms with Crippen molar-refractivity contribution in [3.63, 3.8) is 0 Å². The van der Waals surface area contributed by atoms with Gasteiger partial charge in [-0.15, -0.1) is 0 Å². The number of nitrogens with one attached hydrogen (secondary N) is 2. The molecular formula is C13H14ClF3N2OS. The van der Waals surface area contributed by atoms with Gasteiger partial charge in [0.1, 0.15) is 0 Å². The maximum Gasteiger partial charge on any atom is 0.417 e. The summed E-state index contributed by atoms with van der Waals surface area (Å²) in [5.41, 5.74) is -0.660. The fourth-order valence-corrected chi connectivity index (χ4v) is 2.43. The van der Waals surface area contributed by atoms with Gasteiger partial charge in [0, 0.05) is 18.8 Å². The Morgan fingerprint density at radius 1 is 1.43 bits per heavy atom. The van der Waals surface area contributed by atoms with Crippen LogP contribution in [0.25, 0.3) is 0 Å². The molecule has 21 heavy (non-hydrogen) atoms. The highest BCUT2D eigenvalue weighted by molar-refractivity contribution is 7.80. The fourth-order valence-electron chi connectivity index (χ4n) is 2.01. The molecule has 3 nitrogen and oxygen atoms in total. The molecule has 0 bridgehead atoms. The molecule has 0 unspecified atom stereocenters. The van der Waals surface area contributed by atoms with Crippen molar-refractivity contribution < 1.29 is 17.9 Å². The number of ether oxygens (including phenoxy) is 1. The van der Waals surface area contributed by atoms with Crippen LogP contribution in [0.4, 0.5) is 18.9 Å². The van der Waals surface area contributed by atoms with Gasteiger partial charge in [-0.3, -0.25) is 0 Å². The van der Waals surface area contributed by atoms with Crippen LogP contribution in [-0.4, -0.2) is 24.4 Å². The molecule has 1 saturated heterocycles. The smallest absolute Gasteiger partial charge is 0.376 e. The van der Waals surface area contributed by atoms with Crippen LogP contribution in [-0.2, 0) is 10.9 Å². The van der Waals surface area contributed by atoms with E-state index < -0.39 is 11.7 Å². The van der Waals surface area contributed by atoms with Gasteiger partial charge in [0.15, 0.2) is 5.11 Å². The van der Waals surface area contributed by atoms with E-state index in [0.29, 0.717) is 6.54 Å². The number of alkyl halides is 3. The zero-order chi connectivity index (χ0) is 15.5. The minimum atomic E-state index is -4.50. The Morgan fingerprint density at radius 3 is 2.81 bits per heavy atom. The second-order valence-corrected chi connectivity index (χ2v) is 5.48. The van der Waals surface area contributed by atoms with Crippen molar-refractivity contribution in [2.45, 2.75) is 25.1 Å². The van der Waals surface area contributed by atoms with Crippen LogP contribution in [0.15, 0.2) is 18.2 Å². The number of halogens is 4. The molecule has 1 fully saturated rings. The van der Waals surface area contributed by atoms with E-state index in [0.717, 1.165) is 25.5 Å². The molecule has 0 aliphatic carbocycles. The summed E-state index contributed by atoms with van der Waals surface area (Å²) in [6.07, 6.45) is -2.43. The van der Waals surface area contributed by atoms with Crippen LogP contribution < -0.4 is 10.6 Å². The predicted molar refractivity (Wildman–Crippen MR) is 79.7 cm³/mol. The number of hydrogen-bond donors (Lipinski definition) is 2. The van der Waals surface area contributed by atoms with Crippen molar-refractivity contribution in [3.05, 3.63) is 28.8 Å². The molecule has 1 aromatic rings. The second-order valence-electron chi connectivity index (χ2n) is 4.66. The molecule has 0 amide bonds. The van der Waals surface area contributed by atoms with Gasteiger partial charge < -0.3 is 15.4 Å². The quantitative estimate of drug-likeness (QED) is 0.821. The summed E-state index contributed by atoms with van der Waals surface area (Å²) < 4.78 is 43.6. The van der Waals surface area contributed by atoms with Crippen LogP contribution in [0, 0.1) is 0 Å². The van der Waals surface area contributed by atoms with E-state index in [1.165, 1.54) is 12.1 Å². The molecule has 8 heteroatoms. The minimum absolute atomic E-state index is 0.0979. The topological polar surface area (TPSA) is 33.3 Å². The molecule has 1 aromatic carbocycles. The Morgan fingerprint density at radius 2 is 2.19 bits per heavy atom. The van der Waals surface area contributed by atoms with Crippen LogP contribution in [0.2, 0.25) is 5.02 Å². The summed E-state index contributed by atoms with van der Waals surface area (Å²) >= 11 is 10.6. The average molecular weight is 339 g/mol. The van der Waals surface area contributed by atoms with Crippen LogP contribution in [0.5, 0.6) is 0 Å². The molecule has 116 valence electrons. The van der Waals surface area contributed by atoms with Gasteiger partial charge in [-0.25, -0.2) is 0 Å². The van der Waals surface area contributed by atoms with Crippen molar-refractivity contribution in [1.29, 1.82) is 0 Å². The second kappa shape index (κ2) is 6.81. The van der Waals surface area contributed by atoms with E-state index >= 15 is 0 Å². The van der Waals surface area contributed by atoms with Crippen molar-refractivity contribution in [3.8, 4) is 0 Å². The van der Waals surface area contributed by atoms with E-state index in [4.69, 9.17) is 28.6 Å². The Labute approximate surface area is 130 Å². The van der Waals surface area contributed by atoms with Gasteiger partial charge in [0.05, 0.1) is 16.7 Å². The molecule has 0 spiro atoms. The molecule has 2 rings (SSSR count). The molecule has 1 heterocycles. The summed E-state index contributed by atoms with van der Waals surface area (Å²) in [6, 6.07) is 3.56. The monoisotopic (exact) mass is 338 g/mol. The molecule has 0 radical (unpaired) electrons. The normalized spacial score (nSPS) is 18.6. The Bertz CT molecular complexity index is 519. The van der Waals surface area contributed by atoms with Crippen LogP contribution in [0.1, 0.15) is 18.4 Å². The summed E-state index contributed by atoms with van der Waals surface area (Å²) in [6.45, 7) is 1.27. The lowest BCUT2D eigenvalue weighted by molar-refractivity contribution is -0.137. The zero-order valence-electron chi connectivity index (χ0n) is 11.0. The molecule has 1 atom stereocenters. The Kier molecular flexibility index (Phi) is 5.29. The minimum Gasteiger partial charge on any atom is -0.376 e. The van der Waals surface area contributed by atoms with E-state index in [1.807, 2.05) is 0 Å². The van der Waals surface area contributed by atoms with E-state index in [1.54, 1.807) is 0 Å². The highest BCUT2D eigenvalue weighted by Gasteiger charge is 2.33. The number of rotatable bonds is 3. The maximum absolute atomic E-state index is 12.7. The van der Waals surface area contributed by atoms with E-state index in [2.05, 4.69) is 10.6 Å². The number of thiocarbonyl (C=S) groups is 1. The highest BCUT2D eigenvalue weighted by atomic mass is 35.5. The number of benzene rings is 1. The van der Waals surface area contributed by atoms with E-state index in [9.17, 15) is 13.2 Å². The molecule has 2 N–H and O–H groups in total.